The number of nitrogen functional groups attached to an aromatic ring is 1. The molecule has 0 saturated heterocycles. The number of ether oxygens (including phenoxy) is 1. The van der Waals surface area contributed by atoms with Gasteiger partial charge in [-0.1, -0.05) is 11.3 Å². The molecule has 1 aromatic heterocycles. The molecule has 0 radical (unpaired) electrons. The average Bonchev–Trinajstić information content (AvgIpc) is 2.60. The van der Waals surface area contributed by atoms with Crippen LogP contribution >= 0.6 is 11.3 Å². The molecule has 4 nitrogen and oxygen atoms in total. The van der Waals surface area contributed by atoms with Crippen molar-refractivity contribution >= 4 is 32.7 Å². The number of carbonyl (C=O) groups excluding carboxylic acids is 1. The first kappa shape index (κ1) is 9.85. The van der Waals surface area contributed by atoms with Gasteiger partial charge in [-0.25, -0.2) is 14.2 Å². The lowest BCUT2D eigenvalue weighted by Crippen LogP contribution is -2.02. The van der Waals surface area contributed by atoms with Gasteiger partial charge in [0, 0.05) is 0 Å². The molecule has 1 aromatic carbocycles. The van der Waals surface area contributed by atoms with Crippen LogP contribution in [0, 0.1) is 5.82 Å². The Hall–Kier alpha value is -1.69. The number of anilines is 1. The zero-order valence-corrected chi connectivity index (χ0v) is 8.60. The molecule has 0 atom stereocenters. The molecule has 0 unspecified atom stereocenters. The van der Waals surface area contributed by atoms with Crippen LogP contribution in [0.1, 0.15) is 10.4 Å². The summed E-state index contributed by atoms with van der Waals surface area (Å²) < 4.78 is 18.1. The summed E-state index contributed by atoms with van der Waals surface area (Å²) >= 11 is 1.00. The van der Waals surface area contributed by atoms with E-state index in [4.69, 9.17) is 5.73 Å². The van der Waals surface area contributed by atoms with E-state index in [-0.39, 0.29) is 20.9 Å². The van der Waals surface area contributed by atoms with Crippen molar-refractivity contribution in [1.29, 1.82) is 0 Å². The number of benzene rings is 1. The lowest BCUT2D eigenvalue weighted by molar-refractivity contribution is 0.0603. The zero-order valence-electron chi connectivity index (χ0n) is 7.78. The van der Waals surface area contributed by atoms with E-state index in [0.29, 0.717) is 0 Å². The lowest BCUT2D eigenvalue weighted by Gasteiger charge is -1.99. The largest absolute Gasteiger partial charge is 0.465 e. The zero-order chi connectivity index (χ0) is 11.0. The fraction of sp³-hybridized carbons (Fsp3) is 0.111. The highest BCUT2D eigenvalue weighted by Crippen LogP contribution is 2.29. The van der Waals surface area contributed by atoms with Crippen LogP contribution in [0.15, 0.2) is 12.1 Å². The maximum Gasteiger partial charge on any atom is 0.340 e. The Morgan fingerprint density at radius 3 is 3.00 bits per heavy atom. The third-order valence-corrected chi connectivity index (χ3v) is 2.81. The van der Waals surface area contributed by atoms with Gasteiger partial charge in [0.25, 0.3) is 0 Å². The van der Waals surface area contributed by atoms with Gasteiger partial charge in [-0.3, -0.25) is 0 Å². The summed E-state index contributed by atoms with van der Waals surface area (Å²) in [4.78, 5) is 15.2. The number of methoxy groups -OCH3 is 1. The lowest BCUT2D eigenvalue weighted by atomic mass is 10.2. The quantitative estimate of drug-likeness (QED) is 0.753. The van der Waals surface area contributed by atoms with Gasteiger partial charge in [-0.05, 0) is 12.1 Å². The minimum Gasteiger partial charge on any atom is -0.465 e. The number of esters is 1. The Kier molecular flexibility index (Phi) is 2.28. The standard InChI is InChI=1S/C9H7FN2O2S/c1-14-8(13)4-2-3-5(10)7-6(4)12-9(11)15-7/h2-3H,1H3,(H2,11,12). The van der Waals surface area contributed by atoms with Crippen molar-refractivity contribution in [2.24, 2.45) is 0 Å². The van der Waals surface area contributed by atoms with Crippen molar-refractivity contribution in [3.63, 3.8) is 0 Å². The fourth-order valence-electron chi connectivity index (χ4n) is 1.27. The molecule has 2 N–H and O–H groups in total. The minimum atomic E-state index is -0.551. The summed E-state index contributed by atoms with van der Waals surface area (Å²) in [5.41, 5.74) is 5.94. The maximum absolute atomic E-state index is 13.3. The number of rotatable bonds is 1. The second-order valence-corrected chi connectivity index (χ2v) is 3.85. The van der Waals surface area contributed by atoms with Crippen LogP contribution in [0.5, 0.6) is 0 Å². The van der Waals surface area contributed by atoms with Crippen LogP contribution < -0.4 is 5.73 Å². The molecule has 2 rings (SSSR count). The second-order valence-electron chi connectivity index (χ2n) is 2.82. The Morgan fingerprint density at radius 2 is 2.33 bits per heavy atom. The third kappa shape index (κ3) is 1.52. The summed E-state index contributed by atoms with van der Waals surface area (Å²) in [5.74, 6) is -0.989. The Balaban J connectivity index is 2.76. The van der Waals surface area contributed by atoms with Gasteiger partial charge in [-0.2, -0.15) is 0 Å². The number of nitrogens with zero attached hydrogens (tertiary/aromatic N) is 1. The third-order valence-electron chi connectivity index (χ3n) is 1.92. The van der Waals surface area contributed by atoms with Crippen LogP contribution in [0.4, 0.5) is 9.52 Å². The van der Waals surface area contributed by atoms with Crippen LogP contribution in [-0.2, 0) is 4.74 Å². The van der Waals surface area contributed by atoms with E-state index in [9.17, 15) is 9.18 Å². The Morgan fingerprint density at radius 1 is 1.60 bits per heavy atom. The number of hydrogen-bond acceptors (Lipinski definition) is 5. The topological polar surface area (TPSA) is 65.2 Å². The molecule has 15 heavy (non-hydrogen) atoms. The predicted octanol–water partition coefficient (Wildman–Crippen LogP) is 1.80. The molecule has 6 heteroatoms. The molecular weight excluding hydrogens is 219 g/mol. The summed E-state index contributed by atoms with van der Waals surface area (Å²) in [5, 5.41) is 0.222. The molecule has 0 spiro atoms. The molecule has 0 bridgehead atoms. The highest BCUT2D eigenvalue weighted by atomic mass is 32.1. The number of aromatic nitrogens is 1. The van der Waals surface area contributed by atoms with E-state index in [1.165, 1.54) is 19.2 Å². The molecule has 1 heterocycles. The monoisotopic (exact) mass is 226 g/mol. The van der Waals surface area contributed by atoms with Crippen LogP contribution in [0.3, 0.4) is 0 Å². The van der Waals surface area contributed by atoms with Gasteiger partial charge in [0.15, 0.2) is 5.13 Å². The summed E-state index contributed by atoms with van der Waals surface area (Å²) in [6, 6.07) is 2.54. The van der Waals surface area contributed by atoms with Crippen LogP contribution in [0.2, 0.25) is 0 Å². The fourth-order valence-corrected chi connectivity index (χ4v) is 2.03. The predicted molar refractivity (Wildman–Crippen MR) is 55.3 cm³/mol. The molecule has 0 saturated carbocycles. The number of fused-ring (bicyclic) bond motifs is 1. The molecular formula is C9H7FN2O2S. The van der Waals surface area contributed by atoms with E-state index >= 15 is 0 Å². The number of nitrogens with two attached hydrogens (primary N) is 1. The van der Waals surface area contributed by atoms with Crippen molar-refractivity contribution in [1.82, 2.24) is 4.98 Å². The average molecular weight is 226 g/mol. The molecule has 0 fully saturated rings. The SMILES string of the molecule is COC(=O)c1ccc(F)c2sc(N)nc12. The highest BCUT2D eigenvalue weighted by molar-refractivity contribution is 7.22. The van der Waals surface area contributed by atoms with Crippen molar-refractivity contribution in [2.45, 2.75) is 0 Å². The maximum atomic E-state index is 13.3. The highest BCUT2D eigenvalue weighted by Gasteiger charge is 2.16. The first-order chi connectivity index (χ1) is 7.13. The first-order valence-electron chi connectivity index (χ1n) is 4.06. The Labute approximate surface area is 88.5 Å². The summed E-state index contributed by atoms with van der Waals surface area (Å²) in [6.45, 7) is 0. The van der Waals surface area contributed by atoms with Gasteiger partial charge >= 0.3 is 5.97 Å². The Bertz CT molecular complexity index is 538. The minimum absolute atomic E-state index is 0.222. The van der Waals surface area contributed by atoms with Crippen LogP contribution in [0.25, 0.3) is 10.2 Å². The first-order valence-corrected chi connectivity index (χ1v) is 4.88. The molecule has 0 aliphatic heterocycles. The molecule has 0 aliphatic carbocycles. The molecule has 0 aliphatic rings. The number of thiazole rings is 1. The summed E-state index contributed by atoms with van der Waals surface area (Å²) in [6.07, 6.45) is 0. The van der Waals surface area contributed by atoms with Crippen molar-refractivity contribution in [2.75, 3.05) is 12.8 Å². The van der Waals surface area contributed by atoms with E-state index < -0.39 is 11.8 Å². The molecule has 78 valence electrons. The van der Waals surface area contributed by atoms with E-state index in [1.54, 1.807) is 0 Å². The summed E-state index contributed by atoms with van der Waals surface area (Å²) in [7, 11) is 1.26. The van der Waals surface area contributed by atoms with Crippen molar-refractivity contribution < 1.29 is 13.9 Å². The van der Waals surface area contributed by atoms with Crippen LogP contribution in [-0.4, -0.2) is 18.1 Å². The van der Waals surface area contributed by atoms with E-state index in [2.05, 4.69) is 9.72 Å². The van der Waals surface area contributed by atoms with Gasteiger partial charge in [0.2, 0.25) is 0 Å². The van der Waals surface area contributed by atoms with E-state index in [1.807, 2.05) is 0 Å². The molecule has 0 amide bonds. The smallest absolute Gasteiger partial charge is 0.340 e. The second kappa shape index (κ2) is 3.47. The number of halogens is 1. The number of hydrogen-bond donors (Lipinski definition) is 1. The van der Waals surface area contributed by atoms with Gasteiger partial charge < -0.3 is 10.5 Å². The molecule has 2 aromatic rings. The van der Waals surface area contributed by atoms with E-state index in [0.717, 1.165) is 11.3 Å². The van der Waals surface area contributed by atoms with Gasteiger partial charge in [0.05, 0.1) is 17.4 Å². The van der Waals surface area contributed by atoms with Crippen molar-refractivity contribution in [3.8, 4) is 0 Å². The normalized spacial score (nSPS) is 10.5. The van der Waals surface area contributed by atoms with Crippen molar-refractivity contribution in [3.05, 3.63) is 23.5 Å². The number of carbonyl (C=O) groups is 1. The van der Waals surface area contributed by atoms with Gasteiger partial charge in [-0.15, -0.1) is 0 Å². The van der Waals surface area contributed by atoms with Gasteiger partial charge in [0.1, 0.15) is 11.3 Å².